The smallest absolute Gasteiger partial charge is 0.265 e. The minimum Gasteiger partial charge on any atom is -0.493 e. The topological polar surface area (TPSA) is 76.1 Å². The van der Waals surface area contributed by atoms with Crippen molar-refractivity contribution in [3.8, 4) is 11.5 Å². The molecule has 0 aromatic heterocycles. The standard InChI is InChI=1S/C18H17NO5/c1-23-14-7-6-13-15(16(14)24-2)18(22)19(17(13)21)9-11-4-3-5-12(8-11)10-20/h3-8,20H,9-10H2,1-2H3. The van der Waals surface area contributed by atoms with E-state index in [1.54, 1.807) is 36.4 Å². The minimum absolute atomic E-state index is 0.0962. The Bertz CT molecular complexity index is 815. The molecule has 0 aliphatic carbocycles. The van der Waals surface area contributed by atoms with Crippen molar-refractivity contribution < 1.29 is 24.2 Å². The first-order chi connectivity index (χ1) is 11.6. The molecule has 6 heteroatoms. The number of aliphatic hydroxyl groups excluding tert-OH is 1. The van der Waals surface area contributed by atoms with Gasteiger partial charge in [-0.3, -0.25) is 14.5 Å². The zero-order chi connectivity index (χ0) is 17.3. The van der Waals surface area contributed by atoms with E-state index in [4.69, 9.17) is 9.47 Å². The summed E-state index contributed by atoms with van der Waals surface area (Å²) in [6.07, 6.45) is 0. The number of hydrogen-bond donors (Lipinski definition) is 1. The van der Waals surface area contributed by atoms with Gasteiger partial charge in [0, 0.05) is 0 Å². The summed E-state index contributed by atoms with van der Waals surface area (Å²) in [6.45, 7) is 0.0344. The molecule has 0 unspecified atom stereocenters. The monoisotopic (exact) mass is 327 g/mol. The van der Waals surface area contributed by atoms with E-state index in [9.17, 15) is 14.7 Å². The molecule has 3 rings (SSSR count). The third-order valence-electron chi connectivity index (χ3n) is 3.99. The van der Waals surface area contributed by atoms with Crippen molar-refractivity contribution >= 4 is 11.8 Å². The molecule has 0 atom stereocenters. The van der Waals surface area contributed by atoms with Crippen LogP contribution < -0.4 is 9.47 Å². The fourth-order valence-corrected chi connectivity index (χ4v) is 2.84. The largest absolute Gasteiger partial charge is 0.493 e. The molecular weight excluding hydrogens is 310 g/mol. The summed E-state index contributed by atoms with van der Waals surface area (Å²) in [5.41, 5.74) is 2.02. The molecule has 0 fully saturated rings. The Morgan fingerprint density at radius 1 is 1.00 bits per heavy atom. The zero-order valence-corrected chi connectivity index (χ0v) is 13.4. The lowest BCUT2D eigenvalue weighted by Gasteiger charge is -2.14. The van der Waals surface area contributed by atoms with E-state index in [0.717, 1.165) is 11.1 Å². The third kappa shape index (κ3) is 2.51. The SMILES string of the molecule is COc1ccc2c(c1OC)C(=O)N(Cc1cccc(CO)c1)C2=O. The Kier molecular flexibility index (Phi) is 4.22. The lowest BCUT2D eigenvalue weighted by atomic mass is 10.1. The molecule has 1 aliphatic rings. The van der Waals surface area contributed by atoms with Gasteiger partial charge >= 0.3 is 0 Å². The molecule has 124 valence electrons. The van der Waals surface area contributed by atoms with Gasteiger partial charge in [0.2, 0.25) is 0 Å². The van der Waals surface area contributed by atoms with Crippen LogP contribution in [0.15, 0.2) is 36.4 Å². The van der Waals surface area contributed by atoms with Crippen LogP contribution in [0.1, 0.15) is 31.8 Å². The summed E-state index contributed by atoms with van der Waals surface area (Å²) < 4.78 is 10.5. The first-order valence-corrected chi connectivity index (χ1v) is 7.40. The van der Waals surface area contributed by atoms with Gasteiger partial charge in [0.1, 0.15) is 0 Å². The maximum atomic E-state index is 12.7. The highest BCUT2D eigenvalue weighted by atomic mass is 16.5. The second kappa shape index (κ2) is 6.33. The molecule has 6 nitrogen and oxygen atoms in total. The first kappa shape index (κ1) is 16.0. The molecule has 2 aromatic carbocycles. The fourth-order valence-electron chi connectivity index (χ4n) is 2.84. The predicted octanol–water partition coefficient (Wildman–Crippen LogP) is 1.99. The van der Waals surface area contributed by atoms with Crippen LogP contribution in [0.5, 0.6) is 11.5 Å². The number of carbonyl (C=O) groups is 2. The molecule has 24 heavy (non-hydrogen) atoms. The van der Waals surface area contributed by atoms with Crippen molar-refractivity contribution in [2.75, 3.05) is 14.2 Å². The third-order valence-corrected chi connectivity index (χ3v) is 3.99. The van der Waals surface area contributed by atoms with Crippen molar-refractivity contribution in [3.05, 3.63) is 58.7 Å². The summed E-state index contributed by atoms with van der Waals surface area (Å²) in [5, 5.41) is 9.22. The van der Waals surface area contributed by atoms with Crippen LogP contribution >= 0.6 is 0 Å². The van der Waals surface area contributed by atoms with Crippen molar-refractivity contribution in [3.63, 3.8) is 0 Å². The van der Waals surface area contributed by atoms with Crippen LogP contribution in [0.2, 0.25) is 0 Å². The van der Waals surface area contributed by atoms with E-state index in [0.29, 0.717) is 11.3 Å². The molecule has 0 saturated carbocycles. The minimum atomic E-state index is -0.417. The molecule has 2 aromatic rings. The lowest BCUT2D eigenvalue weighted by Crippen LogP contribution is -2.29. The normalized spacial score (nSPS) is 13.2. The molecule has 1 heterocycles. The van der Waals surface area contributed by atoms with Gasteiger partial charge in [0.05, 0.1) is 38.5 Å². The van der Waals surface area contributed by atoms with Gasteiger partial charge < -0.3 is 14.6 Å². The van der Waals surface area contributed by atoms with E-state index in [-0.39, 0.29) is 30.4 Å². The van der Waals surface area contributed by atoms with Gasteiger partial charge in [-0.05, 0) is 23.3 Å². The quantitative estimate of drug-likeness (QED) is 0.850. The van der Waals surface area contributed by atoms with E-state index in [2.05, 4.69) is 0 Å². The van der Waals surface area contributed by atoms with Gasteiger partial charge in [-0.1, -0.05) is 24.3 Å². The van der Waals surface area contributed by atoms with E-state index < -0.39 is 5.91 Å². The first-order valence-electron chi connectivity index (χ1n) is 7.40. The summed E-state index contributed by atoms with van der Waals surface area (Å²) in [4.78, 5) is 26.5. The van der Waals surface area contributed by atoms with Gasteiger partial charge in [0.25, 0.3) is 11.8 Å². The number of hydrogen-bond acceptors (Lipinski definition) is 5. The molecule has 1 N–H and O–H groups in total. The number of rotatable bonds is 5. The molecule has 1 aliphatic heterocycles. The number of nitrogens with zero attached hydrogens (tertiary/aromatic N) is 1. The summed E-state index contributed by atoms with van der Waals surface area (Å²) in [6, 6.07) is 10.3. The van der Waals surface area contributed by atoms with Gasteiger partial charge in [-0.25, -0.2) is 0 Å². The molecular formula is C18H17NO5. The predicted molar refractivity (Wildman–Crippen MR) is 86.1 cm³/mol. The van der Waals surface area contributed by atoms with E-state index in [1.165, 1.54) is 19.1 Å². The number of benzene rings is 2. The van der Waals surface area contributed by atoms with Crippen LogP contribution in [0.25, 0.3) is 0 Å². The van der Waals surface area contributed by atoms with Gasteiger partial charge in [0.15, 0.2) is 11.5 Å². The van der Waals surface area contributed by atoms with Crippen LogP contribution in [0, 0.1) is 0 Å². The van der Waals surface area contributed by atoms with Gasteiger partial charge in [-0.2, -0.15) is 0 Å². The Hall–Kier alpha value is -2.86. The van der Waals surface area contributed by atoms with Crippen LogP contribution in [-0.4, -0.2) is 36.0 Å². The Labute approximate surface area is 139 Å². The number of ether oxygens (including phenoxy) is 2. The van der Waals surface area contributed by atoms with Crippen LogP contribution in [0.3, 0.4) is 0 Å². The van der Waals surface area contributed by atoms with Gasteiger partial charge in [-0.15, -0.1) is 0 Å². The average Bonchev–Trinajstić information content (AvgIpc) is 2.86. The lowest BCUT2D eigenvalue weighted by molar-refractivity contribution is 0.0641. The summed E-state index contributed by atoms with van der Waals surface area (Å²) in [7, 11) is 2.91. The fraction of sp³-hybridized carbons (Fsp3) is 0.222. The number of carbonyl (C=O) groups excluding carboxylic acids is 2. The van der Waals surface area contributed by atoms with E-state index in [1.807, 2.05) is 0 Å². The second-order valence-electron chi connectivity index (χ2n) is 5.40. The summed E-state index contributed by atoms with van der Waals surface area (Å²) in [5.74, 6) is -0.119. The molecule has 2 amide bonds. The maximum absolute atomic E-state index is 12.7. The Morgan fingerprint density at radius 3 is 2.42 bits per heavy atom. The molecule has 0 spiro atoms. The van der Waals surface area contributed by atoms with Crippen molar-refractivity contribution in [2.24, 2.45) is 0 Å². The van der Waals surface area contributed by atoms with Crippen molar-refractivity contribution in [1.29, 1.82) is 0 Å². The number of imide groups is 1. The summed E-state index contributed by atoms with van der Waals surface area (Å²) >= 11 is 0. The number of aliphatic hydroxyl groups is 1. The number of fused-ring (bicyclic) bond motifs is 1. The highest BCUT2D eigenvalue weighted by Gasteiger charge is 2.39. The Morgan fingerprint density at radius 2 is 1.75 bits per heavy atom. The van der Waals surface area contributed by atoms with Crippen molar-refractivity contribution in [1.82, 2.24) is 4.90 Å². The molecule has 0 saturated heterocycles. The molecule has 0 bridgehead atoms. The maximum Gasteiger partial charge on any atom is 0.265 e. The number of methoxy groups -OCH3 is 2. The highest BCUT2D eigenvalue weighted by molar-refractivity contribution is 6.22. The number of amides is 2. The second-order valence-corrected chi connectivity index (χ2v) is 5.40. The zero-order valence-electron chi connectivity index (χ0n) is 13.4. The average molecular weight is 327 g/mol. The van der Waals surface area contributed by atoms with Crippen LogP contribution in [0.4, 0.5) is 0 Å². The van der Waals surface area contributed by atoms with E-state index >= 15 is 0 Å². The van der Waals surface area contributed by atoms with Crippen molar-refractivity contribution in [2.45, 2.75) is 13.2 Å². The molecule has 0 radical (unpaired) electrons. The highest BCUT2D eigenvalue weighted by Crippen LogP contribution is 2.38. The van der Waals surface area contributed by atoms with Crippen LogP contribution in [-0.2, 0) is 13.2 Å². The Balaban J connectivity index is 1.98.